The second-order valence-corrected chi connectivity index (χ2v) is 7.54. The minimum atomic E-state index is -0.612. The number of carbonyl (C=O) groups is 2. The number of rotatable bonds is 4. The van der Waals surface area contributed by atoms with Gasteiger partial charge in [0.05, 0.1) is 5.56 Å². The predicted molar refractivity (Wildman–Crippen MR) is 102 cm³/mol. The van der Waals surface area contributed by atoms with Crippen LogP contribution < -0.4 is 10.2 Å². The van der Waals surface area contributed by atoms with Crippen LogP contribution in [-0.4, -0.2) is 48.3 Å². The van der Waals surface area contributed by atoms with Gasteiger partial charge in [-0.2, -0.15) is 0 Å². The number of halogens is 1. The number of benzene rings is 1. The van der Waals surface area contributed by atoms with E-state index in [0.29, 0.717) is 11.3 Å². The first-order valence-corrected chi connectivity index (χ1v) is 9.63. The van der Waals surface area contributed by atoms with Crippen molar-refractivity contribution >= 4 is 34.8 Å². The maximum atomic E-state index is 13.1. The third kappa shape index (κ3) is 4.27. The Bertz CT molecular complexity index is 636. The van der Waals surface area contributed by atoms with E-state index in [9.17, 15) is 9.59 Å². The van der Waals surface area contributed by atoms with Crippen molar-refractivity contribution in [1.29, 1.82) is 0 Å². The largest absolute Gasteiger partial charge is 0.371 e. The lowest BCUT2D eigenvalue weighted by Crippen LogP contribution is -2.36. The van der Waals surface area contributed by atoms with Crippen LogP contribution in [0.5, 0.6) is 0 Å². The minimum Gasteiger partial charge on any atom is -0.371 e. The molecular formula is C19H26ClN3O2. The Labute approximate surface area is 154 Å². The second-order valence-electron chi connectivity index (χ2n) is 6.88. The molecule has 0 spiro atoms. The molecule has 6 heteroatoms. The van der Waals surface area contributed by atoms with Crippen LogP contribution in [0, 0.1) is 0 Å². The summed E-state index contributed by atoms with van der Waals surface area (Å²) in [6.45, 7) is 5.21. The van der Waals surface area contributed by atoms with E-state index in [2.05, 4.69) is 10.2 Å². The van der Waals surface area contributed by atoms with Gasteiger partial charge in [0.25, 0.3) is 5.91 Å². The summed E-state index contributed by atoms with van der Waals surface area (Å²) in [5.41, 5.74) is 2.29. The van der Waals surface area contributed by atoms with Gasteiger partial charge in [0, 0.05) is 37.6 Å². The van der Waals surface area contributed by atoms with E-state index >= 15 is 0 Å². The summed E-state index contributed by atoms with van der Waals surface area (Å²) in [6.07, 6.45) is 5.61. The average Bonchev–Trinajstić information content (AvgIpc) is 3.16. The minimum absolute atomic E-state index is 0.0663. The standard InChI is InChI=1S/C19H26ClN3O2/c1-14(20)18(24)21-15-7-8-17(22-9-5-6-10-22)16(13-15)19(25)23-11-3-2-4-12-23/h7-8,13-14H,2-6,9-12H2,1H3,(H,21,24). The van der Waals surface area contributed by atoms with Crippen LogP contribution in [0.1, 0.15) is 49.4 Å². The van der Waals surface area contributed by atoms with Crippen molar-refractivity contribution in [2.45, 2.75) is 44.4 Å². The van der Waals surface area contributed by atoms with Crippen LogP contribution in [0.15, 0.2) is 18.2 Å². The molecule has 0 radical (unpaired) electrons. The number of hydrogen-bond acceptors (Lipinski definition) is 3. The van der Waals surface area contributed by atoms with Crippen molar-refractivity contribution in [2.24, 2.45) is 0 Å². The molecule has 3 rings (SSSR count). The zero-order valence-electron chi connectivity index (χ0n) is 14.8. The van der Waals surface area contributed by atoms with E-state index in [1.807, 2.05) is 23.1 Å². The number of carbonyl (C=O) groups excluding carboxylic acids is 2. The maximum absolute atomic E-state index is 13.1. The molecule has 1 unspecified atom stereocenters. The quantitative estimate of drug-likeness (QED) is 0.833. The lowest BCUT2D eigenvalue weighted by molar-refractivity contribution is -0.115. The van der Waals surface area contributed by atoms with Gasteiger partial charge < -0.3 is 15.1 Å². The van der Waals surface area contributed by atoms with Crippen LogP contribution >= 0.6 is 11.6 Å². The Balaban J connectivity index is 1.89. The van der Waals surface area contributed by atoms with Gasteiger partial charge in [0.1, 0.15) is 5.38 Å². The monoisotopic (exact) mass is 363 g/mol. The van der Waals surface area contributed by atoms with Gasteiger partial charge >= 0.3 is 0 Å². The average molecular weight is 364 g/mol. The van der Waals surface area contributed by atoms with Gasteiger partial charge in [0.15, 0.2) is 0 Å². The van der Waals surface area contributed by atoms with Crippen LogP contribution in [0.3, 0.4) is 0 Å². The zero-order valence-corrected chi connectivity index (χ0v) is 15.5. The van der Waals surface area contributed by atoms with E-state index in [-0.39, 0.29) is 11.8 Å². The van der Waals surface area contributed by atoms with Gasteiger partial charge in [0.2, 0.25) is 5.91 Å². The number of nitrogens with zero attached hydrogens (tertiary/aromatic N) is 2. The number of alkyl halides is 1. The maximum Gasteiger partial charge on any atom is 0.256 e. The van der Waals surface area contributed by atoms with Crippen molar-refractivity contribution in [3.63, 3.8) is 0 Å². The highest BCUT2D eigenvalue weighted by molar-refractivity contribution is 6.32. The lowest BCUT2D eigenvalue weighted by Gasteiger charge is -2.29. The number of anilines is 2. The molecule has 2 aliphatic rings. The van der Waals surface area contributed by atoms with E-state index < -0.39 is 5.38 Å². The molecule has 2 heterocycles. The van der Waals surface area contributed by atoms with E-state index in [1.165, 1.54) is 6.42 Å². The molecule has 1 aromatic carbocycles. The Morgan fingerprint density at radius 2 is 1.68 bits per heavy atom. The Morgan fingerprint density at radius 1 is 1.04 bits per heavy atom. The van der Waals surface area contributed by atoms with Crippen LogP contribution in [0.4, 0.5) is 11.4 Å². The van der Waals surface area contributed by atoms with Gasteiger partial charge in [-0.3, -0.25) is 9.59 Å². The van der Waals surface area contributed by atoms with E-state index in [0.717, 1.165) is 57.5 Å². The fourth-order valence-corrected chi connectivity index (χ4v) is 3.58. The van der Waals surface area contributed by atoms with Crippen molar-refractivity contribution < 1.29 is 9.59 Å². The number of nitrogens with one attached hydrogen (secondary N) is 1. The Hall–Kier alpha value is -1.75. The zero-order chi connectivity index (χ0) is 17.8. The number of amides is 2. The predicted octanol–water partition coefficient (Wildman–Crippen LogP) is 3.48. The smallest absolute Gasteiger partial charge is 0.256 e. The fourth-order valence-electron chi connectivity index (χ4n) is 3.53. The van der Waals surface area contributed by atoms with Crippen LogP contribution in [-0.2, 0) is 4.79 Å². The first-order chi connectivity index (χ1) is 12.1. The van der Waals surface area contributed by atoms with E-state index in [4.69, 9.17) is 11.6 Å². The summed E-state index contributed by atoms with van der Waals surface area (Å²) in [6, 6.07) is 5.62. The Kier molecular flexibility index (Phi) is 5.84. The second kappa shape index (κ2) is 8.09. The van der Waals surface area contributed by atoms with Crippen LogP contribution in [0.2, 0.25) is 0 Å². The SMILES string of the molecule is CC(Cl)C(=O)Nc1ccc(N2CCCC2)c(C(=O)N2CCCCC2)c1. The highest BCUT2D eigenvalue weighted by Gasteiger charge is 2.25. The molecule has 2 fully saturated rings. The topological polar surface area (TPSA) is 52.7 Å². The molecule has 136 valence electrons. The molecule has 25 heavy (non-hydrogen) atoms. The lowest BCUT2D eigenvalue weighted by atomic mass is 10.1. The summed E-state index contributed by atoms with van der Waals surface area (Å²) in [5.74, 6) is -0.191. The van der Waals surface area contributed by atoms with Gasteiger partial charge in [-0.25, -0.2) is 0 Å². The first-order valence-electron chi connectivity index (χ1n) is 9.19. The van der Waals surface area contributed by atoms with Gasteiger partial charge in [-0.05, 0) is 57.2 Å². The molecule has 0 bridgehead atoms. The molecule has 5 nitrogen and oxygen atoms in total. The molecule has 1 aromatic rings. The number of piperidine rings is 1. The summed E-state index contributed by atoms with van der Waals surface area (Å²) in [4.78, 5) is 29.2. The van der Waals surface area contributed by atoms with Crippen LogP contribution in [0.25, 0.3) is 0 Å². The highest BCUT2D eigenvalue weighted by atomic mass is 35.5. The highest BCUT2D eigenvalue weighted by Crippen LogP contribution is 2.29. The molecule has 0 aliphatic carbocycles. The van der Waals surface area contributed by atoms with Crippen molar-refractivity contribution in [3.8, 4) is 0 Å². The van der Waals surface area contributed by atoms with Crippen molar-refractivity contribution in [2.75, 3.05) is 36.4 Å². The molecule has 2 saturated heterocycles. The molecule has 2 amide bonds. The van der Waals surface area contributed by atoms with Gasteiger partial charge in [-0.1, -0.05) is 0 Å². The summed E-state index contributed by atoms with van der Waals surface area (Å²) >= 11 is 5.84. The van der Waals surface area contributed by atoms with E-state index in [1.54, 1.807) is 6.92 Å². The van der Waals surface area contributed by atoms with Crippen molar-refractivity contribution in [1.82, 2.24) is 4.90 Å². The summed E-state index contributed by atoms with van der Waals surface area (Å²) < 4.78 is 0. The summed E-state index contributed by atoms with van der Waals surface area (Å²) in [7, 11) is 0. The molecular weight excluding hydrogens is 338 g/mol. The Morgan fingerprint density at radius 3 is 2.32 bits per heavy atom. The summed E-state index contributed by atoms with van der Waals surface area (Å²) in [5, 5.41) is 2.19. The normalized spacial score (nSPS) is 19.0. The third-order valence-electron chi connectivity index (χ3n) is 4.95. The number of hydrogen-bond donors (Lipinski definition) is 1. The van der Waals surface area contributed by atoms with Crippen molar-refractivity contribution in [3.05, 3.63) is 23.8 Å². The molecule has 1 atom stereocenters. The van der Waals surface area contributed by atoms with Gasteiger partial charge in [-0.15, -0.1) is 11.6 Å². The molecule has 0 aromatic heterocycles. The molecule has 0 saturated carbocycles. The molecule has 1 N–H and O–H groups in total. The molecule has 2 aliphatic heterocycles. The first kappa shape index (κ1) is 18.1. The third-order valence-corrected chi connectivity index (χ3v) is 5.14. The fraction of sp³-hybridized carbons (Fsp3) is 0.579. The number of likely N-dealkylation sites (tertiary alicyclic amines) is 1.